The van der Waals surface area contributed by atoms with Gasteiger partial charge < -0.3 is 19.5 Å². The Hall–Kier alpha value is -1.36. The largest absolute Gasteiger partial charge is 0.544 e. The van der Waals surface area contributed by atoms with Gasteiger partial charge in [0, 0.05) is 12.0 Å². The summed E-state index contributed by atoms with van der Waals surface area (Å²) in [5.74, 6) is -1.90. The number of hydrogen-bond donors (Lipinski definition) is 1. The number of likely N-dealkylation sites (N-methyl/N-ethyl adjacent to an activating group) is 1. The van der Waals surface area contributed by atoms with Gasteiger partial charge in [-0.3, -0.25) is 0 Å². The lowest BCUT2D eigenvalue weighted by atomic mass is 10.2. The average molecular weight is 231 g/mol. The minimum Gasteiger partial charge on any atom is -0.544 e. The molecule has 0 aromatic carbocycles. The number of quaternary nitrogens is 1. The van der Waals surface area contributed by atoms with E-state index in [9.17, 15) is 14.7 Å². The second-order valence-electron chi connectivity index (χ2n) is 4.44. The first kappa shape index (κ1) is 17.0. The number of aliphatic carboxylic acids is 2. The Balaban J connectivity index is 0. The number of hydrogen-bond acceptors (Lipinski definition) is 3. The van der Waals surface area contributed by atoms with E-state index in [-0.39, 0.29) is 11.6 Å². The molecule has 5 heteroatoms. The van der Waals surface area contributed by atoms with Crippen molar-refractivity contribution in [2.24, 2.45) is 0 Å². The van der Waals surface area contributed by atoms with E-state index in [0.29, 0.717) is 10.9 Å². The van der Waals surface area contributed by atoms with Crippen LogP contribution in [-0.2, 0) is 9.59 Å². The summed E-state index contributed by atoms with van der Waals surface area (Å²) in [7, 11) is 5.55. The van der Waals surface area contributed by atoms with E-state index in [4.69, 9.17) is 5.11 Å². The fourth-order valence-corrected chi connectivity index (χ4v) is 1.03. The van der Waals surface area contributed by atoms with Crippen molar-refractivity contribution in [3.63, 3.8) is 0 Å². The van der Waals surface area contributed by atoms with Crippen LogP contribution >= 0.6 is 0 Å². The Kier molecular flexibility index (Phi) is 7.46. The van der Waals surface area contributed by atoms with Crippen LogP contribution in [0.4, 0.5) is 0 Å². The fraction of sp³-hybridized carbons (Fsp3) is 0.636. The predicted molar refractivity (Wildman–Crippen MR) is 59.6 cm³/mol. The summed E-state index contributed by atoms with van der Waals surface area (Å²) >= 11 is 0. The van der Waals surface area contributed by atoms with Crippen LogP contribution in [-0.4, -0.2) is 48.7 Å². The zero-order chi connectivity index (χ0) is 13.5. The number of rotatable bonds is 4. The lowest BCUT2D eigenvalue weighted by Gasteiger charge is -2.33. The molecule has 0 heterocycles. The van der Waals surface area contributed by atoms with Crippen molar-refractivity contribution in [2.75, 3.05) is 21.1 Å². The maximum atomic E-state index is 10.5. The second-order valence-corrected chi connectivity index (χ2v) is 4.44. The molecule has 0 spiro atoms. The molecule has 1 atom stereocenters. The molecular formula is C11H21NO4. The number of carboxylic acid groups (broad SMARTS) is 2. The summed E-state index contributed by atoms with van der Waals surface area (Å²) in [6.07, 6.45) is 0.617. The van der Waals surface area contributed by atoms with E-state index in [2.05, 4.69) is 6.58 Å². The van der Waals surface area contributed by atoms with E-state index in [1.807, 2.05) is 28.1 Å². The van der Waals surface area contributed by atoms with E-state index in [1.54, 1.807) is 0 Å². The smallest absolute Gasteiger partial charge is 0.330 e. The van der Waals surface area contributed by atoms with Gasteiger partial charge in [0.05, 0.1) is 27.1 Å². The van der Waals surface area contributed by atoms with Crippen LogP contribution in [0.1, 0.15) is 20.3 Å². The van der Waals surface area contributed by atoms with Gasteiger partial charge in [0.25, 0.3) is 0 Å². The van der Waals surface area contributed by atoms with Crippen molar-refractivity contribution in [3.05, 3.63) is 12.2 Å². The van der Waals surface area contributed by atoms with Crippen molar-refractivity contribution in [1.82, 2.24) is 0 Å². The monoisotopic (exact) mass is 231 g/mol. The SMILES string of the molecule is C=C(C)C(=O)O.CCC(C(=O)[O-])[N+](C)(C)C. The third-order valence-electron chi connectivity index (χ3n) is 1.96. The van der Waals surface area contributed by atoms with E-state index >= 15 is 0 Å². The third kappa shape index (κ3) is 7.99. The Labute approximate surface area is 96.6 Å². The number of carbonyl (C=O) groups excluding carboxylic acids is 1. The summed E-state index contributed by atoms with van der Waals surface area (Å²) in [4.78, 5) is 20.0. The molecule has 1 N–H and O–H groups in total. The maximum Gasteiger partial charge on any atom is 0.330 e. The Morgan fingerprint density at radius 2 is 1.69 bits per heavy atom. The van der Waals surface area contributed by atoms with Crippen LogP contribution in [0.3, 0.4) is 0 Å². The van der Waals surface area contributed by atoms with Crippen molar-refractivity contribution in [1.29, 1.82) is 0 Å². The number of carbonyl (C=O) groups is 2. The molecule has 0 aliphatic heterocycles. The fourth-order valence-electron chi connectivity index (χ4n) is 1.03. The first-order valence-corrected chi connectivity index (χ1v) is 4.94. The highest BCUT2D eigenvalue weighted by atomic mass is 16.4. The van der Waals surface area contributed by atoms with Crippen LogP contribution in [0, 0.1) is 0 Å². The molecule has 0 aromatic rings. The zero-order valence-electron chi connectivity index (χ0n) is 10.6. The van der Waals surface area contributed by atoms with Gasteiger partial charge in [0.2, 0.25) is 0 Å². The van der Waals surface area contributed by atoms with Gasteiger partial charge in [0.15, 0.2) is 0 Å². The highest BCUT2D eigenvalue weighted by Gasteiger charge is 2.22. The van der Waals surface area contributed by atoms with Gasteiger partial charge in [-0.25, -0.2) is 4.79 Å². The molecule has 0 aliphatic carbocycles. The molecule has 0 bridgehead atoms. The molecule has 0 radical (unpaired) electrons. The van der Waals surface area contributed by atoms with Crippen molar-refractivity contribution in [2.45, 2.75) is 26.3 Å². The Morgan fingerprint density at radius 3 is 1.69 bits per heavy atom. The minimum absolute atomic E-state index is 0.176. The van der Waals surface area contributed by atoms with Crippen LogP contribution < -0.4 is 5.11 Å². The number of carboxylic acids is 2. The molecule has 0 aliphatic rings. The summed E-state index contributed by atoms with van der Waals surface area (Å²) in [5.41, 5.74) is 0.176. The highest BCUT2D eigenvalue weighted by Crippen LogP contribution is 2.05. The zero-order valence-corrected chi connectivity index (χ0v) is 10.6. The van der Waals surface area contributed by atoms with Crippen LogP contribution in [0.5, 0.6) is 0 Å². The molecule has 0 rings (SSSR count). The van der Waals surface area contributed by atoms with Crippen LogP contribution in [0.2, 0.25) is 0 Å². The lowest BCUT2D eigenvalue weighted by Crippen LogP contribution is -2.54. The summed E-state index contributed by atoms with van der Waals surface area (Å²) < 4.78 is 0.429. The van der Waals surface area contributed by atoms with Crippen molar-refractivity contribution >= 4 is 11.9 Å². The third-order valence-corrected chi connectivity index (χ3v) is 1.96. The Morgan fingerprint density at radius 1 is 1.38 bits per heavy atom. The summed E-state index contributed by atoms with van der Waals surface area (Å²) in [6.45, 7) is 6.45. The quantitative estimate of drug-likeness (QED) is 0.540. The Bertz CT molecular complexity index is 254. The lowest BCUT2D eigenvalue weighted by molar-refractivity contribution is -0.889. The highest BCUT2D eigenvalue weighted by molar-refractivity contribution is 5.84. The van der Waals surface area contributed by atoms with E-state index in [0.717, 1.165) is 0 Å². The van der Waals surface area contributed by atoms with Crippen LogP contribution in [0.15, 0.2) is 12.2 Å². The van der Waals surface area contributed by atoms with Crippen molar-refractivity contribution in [3.8, 4) is 0 Å². The van der Waals surface area contributed by atoms with Crippen LogP contribution in [0.25, 0.3) is 0 Å². The first-order valence-electron chi connectivity index (χ1n) is 4.94. The van der Waals surface area contributed by atoms with Gasteiger partial charge in [-0.15, -0.1) is 0 Å². The summed E-state index contributed by atoms with van der Waals surface area (Å²) in [6, 6.07) is -0.389. The van der Waals surface area contributed by atoms with E-state index < -0.39 is 11.9 Å². The molecule has 0 saturated carbocycles. The average Bonchev–Trinajstić information content (AvgIpc) is 2.02. The van der Waals surface area contributed by atoms with Gasteiger partial charge in [-0.2, -0.15) is 0 Å². The molecule has 16 heavy (non-hydrogen) atoms. The molecular weight excluding hydrogens is 210 g/mol. The predicted octanol–water partition coefficient (Wildman–Crippen LogP) is -0.132. The van der Waals surface area contributed by atoms with E-state index in [1.165, 1.54) is 6.92 Å². The minimum atomic E-state index is -0.963. The normalized spacial score (nSPS) is 12.1. The molecule has 0 amide bonds. The molecule has 5 nitrogen and oxygen atoms in total. The molecule has 0 fully saturated rings. The first-order chi connectivity index (χ1) is 7.03. The van der Waals surface area contributed by atoms with Gasteiger partial charge in [-0.05, 0) is 6.92 Å². The number of nitrogens with zero attached hydrogens (tertiary/aromatic N) is 1. The summed E-state index contributed by atoms with van der Waals surface area (Å²) in [5, 5.41) is 18.3. The second kappa shape index (κ2) is 7.00. The molecule has 0 aromatic heterocycles. The molecule has 1 unspecified atom stereocenters. The van der Waals surface area contributed by atoms with Gasteiger partial charge in [0.1, 0.15) is 6.04 Å². The van der Waals surface area contributed by atoms with Gasteiger partial charge in [-0.1, -0.05) is 13.5 Å². The van der Waals surface area contributed by atoms with Gasteiger partial charge >= 0.3 is 5.97 Å². The standard InChI is InChI=1S/C7H15NO2.C4H6O2/c1-5-6(7(9)10)8(2,3)4;1-3(2)4(5)6/h6H,5H2,1-4H3;1H2,2H3,(H,5,6). The molecule has 94 valence electrons. The van der Waals surface area contributed by atoms with Crippen molar-refractivity contribution < 1.29 is 24.3 Å². The maximum absolute atomic E-state index is 10.5. The molecule has 0 saturated heterocycles. The topological polar surface area (TPSA) is 77.4 Å².